The van der Waals surface area contributed by atoms with Crippen LogP contribution in [0, 0.1) is 0 Å². The minimum atomic E-state index is -0.790. The van der Waals surface area contributed by atoms with E-state index in [0.717, 1.165) is 32.1 Å². The molecular weight excluding hydrogens is 392 g/mol. The smallest absolute Gasteiger partial charge is 0.168 e. The van der Waals surface area contributed by atoms with E-state index in [1.54, 1.807) is 30.3 Å². The molecule has 0 heterocycles. The summed E-state index contributed by atoms with van der Waals surface area (Å²) in [5.41, 5.74) is -0.790. The number of unbranched alkanes of at least 4 members (excludes halogenated alkanes) is 3. The van der Waals surface area contributed by atoms with E-state index < -0.39 is 5.60 Å². The Kier molecular flexibility index (Phi) is 15.5. The van der Waals surface area contributed by atoms with Gasteiger partial charge in [0.1, 0.15) is 0 Å². The zero-order chi connectivity index (χ0) is 21.0. The Morgan fingerprint density at radius 3 is 1.93 bits per heavy atom. The van der Waals surface area contributed by atoms with Crippen LogP contribution in [0.1, 0.15) is 65.2 Å². The SMILES string of the molecule is CCCCCC(O)(CCCC)CCOOOOOOOOOOc1ccccc1. The molecule has 0 bridgehead atoms. The Morgan fingerprint density at radius 2 is 1.28 bits per heavy atom. The van der Waals surface area contributed by atoms with Crippen molar-refractivity contribution in [1.82, 2.24) is 0 Å². The van der Waals surface area contributed by atoms with Crippen molar-refractivity contribution in [1.29, 1.82) is 0 Å². The highest BCUT2D eigenvalue weighted by Gasteiger charge is 2.25. The summed E-state index contributed by atoms with van der Waals surface area (Å²) in [6, 6.07) is 8.48. The average Bonchev–Trinajstić information content (AvgIpc) is 2.74. The van der Waals surface area contributed by atoms with E-state index in [1.807, 2.05) is 0 Å². The van der Waals surface area contributed by atoms with Crippen LogP contribution in [-0.2, 0) is 45.2 Å². The highest BCUT2D eigenvalue weighted by atomic mass is 17.9. The Labute approximate surface area is 169 Å². The first-order chi connectivity index (χ1) is 14.2. The molecule has 1 aromatic carbocycles. The highest BCUT2D eigenvalue weighted by molar-refractivity contribution is 5.19. The minimum absolute atomic E-state index is 0.0980. The van der Waals surface area contributed by atoms with Crippen molar-refractivity contribution in [3.63, 3.8) is 0 Å². The lowest BCUT2D eigenvalue weighted by molar-refractivity contribution is -0.841. The van der Waals surface area contributed by atoms with Gasteiger partial charge in [-0.15, -0.1) is 0 Å². The van der Waals surface area contributed by atoms with E-state index in [1.165, 1.54) is 0 Å². The molecule has 1 N–H and O–H groups in total. The molecule has 1 aromatic rings. The van der Waals surface area contributed by atoms with Gasteiger partial charge in [0.15, 0.2) is 5.75 Å². The molecule has 29 heavy (non-hydrogen) atoms. The van der Waals surface area contributed by atoms with Crippen molar-refractivity contribution in [2.45, 2.75) is 70.8 Å². The van der Waals surface area contributed by atoms with E-state index in [2.05, 4.69) is 59.0 Å². The summed E-state index contributed by atoms with van der Waals surface area (Å²) in [6.07, 6.45) is 6.90. The van der Waals surface area contributed by atoms with Crippen molar-refractivity contribution in [2.75, 3.05) is 6.61 Å². The topological polar surface area (TPSA) is 113 Å². The fraction of sp³-hybridized carbons (Fsp3) is 0.667. The Hall–Kier alpha value is -1.38. The second-order valence-electron chi connectivity index (χ2n) is 6.30. The van der Waals surface area contributed by atoms with Crippen molar-refractivity contribution in [2.24, 2.45) is 0 Å². The molecule has 0 saturated carbocycles. The van der Waals surface area contributed by atoms with Crippen LogP contribution in [-0.4, -0.2) is 17.3 Å². The maximum absolute atomic E-state index is 10.7. The van der Waals surface area contributed by atoms with Crippen LogP contribution < -0.4 is 4.89 Å². The molecule has 11 nitrogen and oxygen atoms in total. The Balaban J connectivity index is 1.94. The lowest BCUT2D eigenvalue weighted by Gasteiger charge is -2.27. The minimum Gasteiger partial charge on any atom is -0.390 e. The molecule has 0 aliphatic rings. The molecular formula is C18H30O11. The summed E-state index contributed by atoms with van der Waals surface area (Å²) in [5.74, 6) is 0.370. The predicted molar refractivity (Wildman–Crippen MR) is 94.9 cm³/mol. The van der Waals surface area contributed by atoms with E-state index in [9.17, 15) is 5.11 Å². The molecule has 1 atom stereocenters. The van der Waals surface area contributed by atoms with Crippen molar-refractivity contribution in [3.8, 4) is 5.75 Å². The van der Waals surface area contributed by atoms with E-state index in [0.29, 0.717) is 25.0 Å². The number of aliphatic hydroxyl groups is 1. The summed E-state index contributed by atoms with van der Waals surface area (Å²) in [5, 5.41) is 42.8. The quantitative estimate of drug-likeness (QED) is 0.184. The van der Waals surface area contributed by atoms with Crippen LogP contribution in [0.15, 0.2) is 30.3 Å². The average molecular weight is 422 g/mol. The number of para-hydroxylation sites is 1. The number of benzene rings is 1. The van der Waals surface area contributed by atoms with Gasteiger partial charge in [-0.2, -0.15) is 0 Å². The van der Waals surface area contributed by atoms with Gasteiger partial charge in [-0.3, -0.25) is 0 Å². The van der Waals surface area contributed by atoms with Crippen molar-refractivity contribution < 1.29 is 55.2 Å². The van der Waals surface area contributed by atoms with Crippen LogP contribution in [0.4, 0.5) is 0 Å². The summed E-state index contributed by atoms with van der Waals surface area (Å²) >= 11 is 0. The normalized spacial score (nSPS) is 13.3. The molecule has 0 radical (unpaired) electrons. The van der Waals surface area contributed by atoms with Crippen LogP contribution in [0.3, 0.4) is 0 Å². The third-order valence-corrected chi connectivity index (χ3v) is 4.01. The number of hydrogen-bond donors (Lipinski definition) is 1. The lowest BCUT2D eigenvalue weighted by atomic mass is 9.88. The number of rotatable bonds is 20. The lowest BCUT2D eigenvalue weighted by Crippen LogP contribution is -2.30. The second kappa shape index (κ2) is 17.5. The largest absolute Gasteiger partial charge is 0.390 e. The van der Waals surface area contributed by atoms with Gasteiger partial charge in [0, 0.05) is 26.6 Å². The Bertz CT molecular complexity index is 476. The Morgan fingerprint density at radius 1 is 0.690 bits per heavy atom. The summed E-state index contributed by atoms with van der Waals surface area (Å²) in [7, 11) is 0. The zero-order valence-corrected chi connectivity index (χ0v) is 16.8. The standard InChI is InChI=1S/C18H30O11/c1-3-5-10-14-18(19,13-6-4-2)15-16-20-22-24-26-28-29-27-25-23-21-17-11-8-7-9-12-17/h7-9,11-12,19H,3-6,10,13-16H2,1-2H3. The van der Waals surface area contributed by atoms with Crippen molar-refractivity contribution in [3.05, 3.63) is 30.3 Å². The fourth-order valence-electron chi connectivity index (χ4n) is 2.47. The summed E-state index contributed by atoms with van der Waals surface area (Å²) < 4.78 is 0. The molecule has 0 aromatic heterocycles. The van der Waals surface area contributed by atoms with Gasteiger partial charge in [-0.25, -0.2) is 4.89 Å². The molecule has 0 aliphatic carbocycles. The van der Waals surface area contributed by atoms with Gasteiger partial charge < -0.3 is 9.99 Å². The summed E-state index contributed by atoms with van der Waals surface area (Å²) in [4.78, 5) is 9.39. The van der Waals surface area contributed by atoms with Gasteiger partial charge in [0.25, 0.3) is 0 Å². The zero-order valence-electron chi connectivity index (χ0n) is 16.8. The molecule has 0 saturated heterocycles. The van der Waals surface area contributed by atoms with Gasteiger partial charge in [-0.05, 0) is 45.1 Å². The van der Waals surface area contributed by atoms with Crippen LogP contribution >= 0.6 is 0 Å². The van der Waals surface area contributed by atoms with Gasteiger partial charge >= 0.3 is 0 Å². The first-order valence-corrected chi connectivity index (χ1v) is 9.60. The van der Waals surface area contributed by atoms with Crippen LogP contribution in [0.5, 0.6) is 5.75 Å². The van der Waals surface area contributed by atoms with Gasteiger partial charge in [0.2, 0.25) is 0 Å². The molecule has 168 valence electrons. The van der Waals surface area contributed by atoms with E-state index in [-0.39, 0.29) is 6.61 Å². The molecule has 0 amide bonds. The maximum Gasteiger partial charge on any atom is 0.168 e. The molecule has 11 heteroatoms. The van der Waals surface area contributed by atoms with E-state index in [4.69, 9.17) is 4.89 Å². The summed E-state index contributed by atoms with van der Waals surface area (Å²) in [6.45, 7) is 4.30. The van der Waals surface area contributed by atoms with Gasteiger partial charge in [-0.1, -0.05) is 64.2 Å². The molecule has 0 fully saturated rings. The molecule has 0 aliphatic heterocycles. The number of hydrogen-bond acceptors (Lipinski definition) is 11. The molecule has 1 rings (SSSR count). The molecule has 1 unspecified atom stereocenters. The first-order valence-electron chi connectivity index (χ1n) is 9.60. The van der Waals surface area contributed by atoms with Crippen LogP contribution in [0.2, 0.25) is 0 Å². The van der Waals surface area contributed by atoms with Gasteiger partial charge in [0.05, 0.1) is 12.2 Å². The molecule has 0 spiro atoms. The second-order valence-corrected chi connectivity index (χ2v) is 6.30. The third kappa shape index (κ3) is 14.3. The fourth-order valence-corrected chi connectivity index (χ4v) is 2.47. The maximum atomic E-state index is 10.7. The van der Waals surface area contributed by atoms with Crippen molar-refractivity contribution >= 4 is 0 Å². The monoisotopic (exact) mass is 422 g/mol. The predicted octanol–water partition coefficient (Wildman–Crippen LogP) is 4.34. The highest BCUT2D eigenvalue weighted by Crippen LogP contribution is 2.25. The first kappa shape index (κ1) is 25.7. The third-order valence-electron chi connectivity index (χ3n) is 4.01. The van der Waals surface area contributed by atoms with Crippen LogP contribution in [0.25, 0.3) is 0 Å². The van der Waals surface area contributed by atoms with E-state index >= 15 is 0 Å².